The number of nitrogens with zero attached hydrogens (tertiary/aromatic N) is 4. The van der Waals surface area contributed by atoms with Gasteiger partial charge >= 0.3 is 0 Å². The predicted molar refractivity (Wildman–Crippen MR) is 119 cm³/mol. The van der Waals surface area contributed by atoms with Gasteiger partial charge in [0.1, 0.15) is 0 Å². The molecule has 3 rings (SSSR count). The number of amides is 1. The minimum atomic E-state index is -0.210. The van der Waals surface area contributed by atoms with Crippen LogP contribution in [-0.2, 0) is 11.3 Å². The molecule has 2 aromatic carbocycles. The summed E-state index contributed by atoms with van der Waals surface area (Å²) in [7, 11) is 0. The van der Waals surface area contributed by atoms with Crippen molar-refractivity contribution in [3.63, 3.8) is 0 Å². The van der Waals surface area contributed by atoms with Crippen LogP contribution in [-0.4, -0.2) is 32.6 Å². The van der Waals surface area contributed by atoms with E-state index in [4.69, 9.17) is 11.6 Å². The highest BCUT2D eigenvalue weighted by Crippen LogP contribution is 2.24. The first-order chi connectivity index (χ1) is 14.2. The van der Waals surface area contributed by atoms with E-state index >= 15 is 0 Å². The van der Waals surface area contributed by atoms with Crippen molar-refractivity contribution in [1.82, 2.24) is 20.2 Å². The van der Waals surface area contributed by atoms with Gasteiger partial charge in [-0.2, -0.15) is 5.10 Å². The molecule has 0 bridgehead atoms. The Hall–Kier alpha value is -2.90. The van der Waals surface area contributed by atoms with Crippen LogP contribution in [0.5, 0.6) is 0 Å². The van der Waals surface area contributed by atoms with Crippen molar-refractivity contribution in [2.45, 2.75) is 18.6 Å². The van der Waals surface area contributed by atoms with E-state index in [1.54, 1.807) is 12.3 Å². The Labute approximate surface area is 178 Å². The van der Waals surface area contributed by atoms with Gasteiger partial charge in [0.2, 0.25) is 0 Å². The number of aromatic nitrogens is 3. The van der Waals surface area contributed by atoms with Gasteiger partial charge in [-0.15, -0.1) is 10.2 Å². The van der Waals surface area contributed by atoms with Crippen LogP contribution in [0.15, 0.2) is 70.9 Å². The largest absolute Gasteiger partial charge is 0.302 e. The summed E-state index contributed by atoms with van der Waals surface area (Å²) < 4.78 is 1.97. The molecule has 0 aliphatic rings. The van der Waals surface area contributed by atoms with Crippen molar-refractivity contribution >= 4 is 41.6 Å². The van der Waals surface area contributed by atoms with Crippen molar-refractivity contribution in [2.75, 3.05) is 5.75 Å². The molecule has 0 saturated heterocycles. The van der Waals surface area contributed by atoms with Crippen LogP contribution in [0.4, 0.5) is 0 Å². The van der Waals surface area contributed by atoms with Gasteiger partial charge in [-0.25, -0.2) is 5.43 Å². The number of carbonyl (C=O) groups is 1. The molecule has 0 aliphatic carbocycles. The SMILES string of the molecule is CCn1c(SCC(=O)N/N=C\C=C\c2ccccc2)nnc1-c1ccc(Cl)cc1. The first kappa shape index (κ1) is 20.8. The molecular weight excluding hydrogens is 406 g/mol. The van der Waals surface area contributed by atoms with E-state index in [0.29, 0.717) is 16.7 Å². The summed E-state index contributed by atoms with van der Waals surface area (Å²) in [5.74, 6) is 0.729. The second-order valence-corrected chi connectivity index (χ2v) is 7.31. The topological polar surface area (TPSA) is 72.2 Å². The zero-order chi connectivity index (χ0) is 20.5. The van der Waals surface area contributed by atoms with E-state index in [1.807, 2.05) is 72.2 Å². The smallest absolute Gasteiger partial charge is 0.250 e. The van der Waals surface area contributed by atoms with Gasteiger partial charge in [-0.3, -0.25) is 4.79 Å². The van der Waals surface area contributed by atoms with E-state index in [1.165, 1.54) is 11.8 Å². The number of hydrogen-bond acceptors (Lipinski definition) is 5. The lowest BCUT2D eigenvalue weighted by molar-refractivity contribution is -0.118. The normalized spacial score (nSPS) is 11.4. The second kappa shape index (κ2) is 10.6. The minimum Gasteiger partial charge on any atom is -0.302 e. The number of carbonyl (C=O) groups excluding carboxylic acids is 1. The lowest BCUT2D eigenvalue weighted by Crippen LogP contribution is -2.19. The number of hydrazone groups is 1. The summed E-state index contributed by atoms with van der Waals surface area (Å²) >= 11 is 7.27. The number of rotatable bonds is 8. The third-order valence-electron chi connectivity index (χ3n) is 3.91. The molecule has 3 aromatic rings. The highest BCUT2D eigenvalue weighted by molar-refractivity contribution is 7.99. The summed E-state index contributed by atoms with van der Waals surface area (Å²) in [6, 6.07) is 17.3. The average Bonchev–Trinajstić information content (AvgIpc) is 3.16. The van der Waals surface area contributed by atoms with Crippen molar-refractivity contribution in [3.8, 4) is 11.4 Å². The molecule has 1 aromatic heterocycles. The molecular formula is C21H20ClN5OS. The first-order valence-electron chi connectivity index (χ1n) is 9.03. The number of hydrogen-bond donors (Lipinski definition) is 1. The molecule has 1 heterocycles. The van der Waals surface area contributed by atoms with Crippen LogP contribution in [0.1, 0.15) is 12.5 Å². The Balaban J connectivity index is 1.53. The standard InChI is InChI=1S/C21H20ClN5OS/c1-2-27-20(17-10-12-18(22)13-11-17)25-26-21(27)29-15-19(28)24-23-14-6-9-16-7-4-3-5-8-16/h3-14H,2,15H2,1H3,(H,24,28)/b9-6+,23-14-. The van der Waals surface area contributed by atoms with E-state index < -0.39 is 0 Å². The third kappa shape index (κ3) is 6.04. The average molecular weight is 426 g/mol. The Morgan fingerprint density at radius 1 is 1.17 bits per heavy atom. The van der Waals surface area contributed by atoms with Crippen LogP contribution in [0.2, 0.25) is 5.02 Å². The molecule has 1 N–H and O–H groups in total. The molecule has 1 amide bonds. The summed E-state index contributed by atoms with van der Waals surface area (Å²) in [5, 5.41) is 13.7. The van der Waals surface area contributed by atoms with Crippen LogP contribution in [0.25, 0.3) is 17.5 Å². The van der Waals surface area contributed by atoms with Gasteiger partial charge in [0, 0.05) is 23.3 Å². The van der Waals surface area contributed by atoms with Gasteiger partial charge in [0.25, 0.3) is 5.91 Å². The van der Waals surface area contributed by atoms with E-state index in [2.05, 4.69) is 20.7 Å². The molecule has 148 valence electrons. The fourth-order valence-corrected chi connectivity index (χ4v) is 3.45. The molecule has 0 radical (unpaired) electrons. The zero-order valence-electron chi connectivity index (χ0n) is 15.8. The van der Waals surface area contributed by atoms with E-state index in [0.717, 1.165) is 17.0 Å². The van der Waals surface area contributed by atoms with Crippen LogP contribution < -0.4 is 5.43 Å². The molecule has 0 atom stereocenters. The molecule has 29 heavy (non-hydrogen) atoms. The third-order valence-corrected chi connectivity index (χ3v) is 5.12. The fourth-order valence-electron chi connectivity index (χ4n) is 2.53. The van der Waals surface area contributed by atoms with Gasteiger partial charge in [0.15, 0.2) is 11.0 Å². The molecule has 0 spiro atoms. The quantitative estimate of drug-likeness (QED) is 0.327. The molecule has 0 unspecified atom stereocenters. The minimum absolute atomic E-state index is 0.193. The van der Waals surface area contributed by atoms with Crippen molar-refractivity contribution in [2.24, 2.45) is 5.10 Å². The molecule has 0 saturated carbocycles. The van der Waals surface area contributed by atoms with Crippen LogP contribution in [0, 0.1) is 0 Å². The van der Waals surface area contributed by atoms with Crippen molar-refractivity contribution in [1.29, 1.82) is 0 Å². The maximum atomic E-state index is 12.0. The summed E-state index contributed by atoms with van der Waals surface area (Å²) in [5.41, 5.74) is 4.50. The van der Waals surface area contributed by atoms with Gasteiger partial charge in [0.05, 0.1) is 5.75 Å². The number of benzene rings is 2. The van der Waals surface area contributed by atoms with Crippen molar-refractivity contribution < 1.29 is 4.79 Å². The first-order valence-corrected chi connectivity index (χ1v) is 10.4. The highest BCUT2D eigenvalue weighted by Gasteiger charge is 2.14. The Morgan fingerprint density at radius 2 is 1.93 bits per heavy atom. The zero-order valence-corrected chi connectivity index (χ0v) is 17.4. The highest BCUT2D eigenvalue weighted by atomic mass is 35.5. The number of thioether (sulfide) groups is 1. The number of nitrogens with one attached hydrogen (secondary N) is 1. The second-order valence-electron chi connectivity index (χ2n) is 5.93. The summed E-state index contributed by atoms with van der Waals surface area (Å²) in [6.45, 7) is 2.70. The monoisotopic (exact) mass is 425 g/mol. The van der Waals surface area contributed by atoms with Crippen LogP contribution in [0.3, 0.4) is 0 Å². The molecule has 6 nitrogen and oxygen atoms in total. The maximum Gasteiger partial charge on any atom is 0.250 e. The number of halogens is 1. The lowest BCUT2D eigenvalue weighted by Gasteiger charge is -2.07. The number of allylic oxidation sites excluding steroid dienone is 1. The Morgan fingerprint density at radius 3 is 2.66 bits per heavy atom. The van der Waals surface area contributed by atoms with Crippen molar-refractivity contribution in [3.05, 3.63) is 71.3 Å². The van der Waals surface area contributed by atoms with E-state index in [9.17, 15) is 4.79 Å². The molecule has 0 aliphatic heterocycles. The molecule has 0 fully saturated rings. The van der Waals surface area contributed by atoms with Crippen LogP contribution >= 0.6 is 23.4 Å². The summed E-state index contributed by atoms with van der Waals surface area (Å²) in [6.07, 6.45) is 5.23. The van der Waals surface area contributed by atoms with Gasteiger partial charge in [-0.05, 0) is 42.8 Å². The van der Waals surface area contributed by atoms with E-state index in [-0.39, 0.29) is 11.7 Å². The van der Waals surface area contributed by atoms with Gasteiger partial charge < -0.3 is 4.57 Å². The fraction of sp³-hybridized carbons (Fsp3) is 0.143. The maximum absolute atomic E-state index is 12.0. The lowest BCUT2D eigenvalue weighted by atomic mass is 10.2. The summed E-state index contributed by atoms with van der Waals surface area (Å²) in [4.78, 5) is 12.0. The Bertz CT molecular complexity index is 1000. The Kier molecular flexibility index (Phi) is 7.61. The predicted octanol–water partition coefficient (Wildman–Crippen LogP) is 4.53. The molecule has 8 heteroatoms. The van der Waals surface area contributed by atoms with Gasteiger partial charge in [-0.1, -0.05) is 59.8 Å².